The van der Waals surface area contributed by atoms with Crippen molar-refractivity contribution in [1.82, 2.24) is 9.78 Å². The molecule has 0 spiro atoms. The Labute approximate surface area is 175 Å². The van der Waals surface area contributed by atoms with Gasteiger partial charge < -0.3 is 14.2 Å². The lowest BCUT2D eigenvalue weighted by molar-refractivity contribution is -0.153. The number of benzene rings is 2. The molecule has 0 N–H and O–H groups in total. The van der Waals surface area contributed by atoms with Crippen LogP contribution in [0, 0.1) is 0 Å². The standard InChI is InChI=1S/C22H23ClN2O4/c1-15(22(26)28-3)29-14-18-12-21(16-8-6-9-19(11-16)27-2)25(24-18)13-17-7-4-5-10-20(17)23/h4-12,15H,13-14H2,1-3H3. The topological polar surface area (TPSA) is 62.6 Å². The number of halogens is 1. The maximum Gasteiger partial charge on any atom is 0.334 e. The second-order valence-electron chi connectivity index (χ2n) is 6.48. The lowest BCUT2D eigenvalue weighted by Crippen LogP contribution is -2.21. The zero-order chi connectivity index (χ0) is 20.8. The largest absolute Gasteiger partial charge is 0.497 e. The Balaban J connectivity index is 1.92. The second-order valence-corrected chi connectivity index (χ2v) is 6.89. The Morgan fingerprint density at radius 3 is 2.66 bits per heavy atom. The highest BCUT2D eigenvalue weighted by Gasteiger charge is 2.17. The van der Waals surface area contributed by atoms with E-state index in [-0.39, 0.29) is 6.61 Å². The van der Waals surface area contributed by atoms with Gasteiger partial charge in [0, 0.05) is 10.6 Å². The lowest BCUT2D eigenvalue weighted by Gasteiger charge is -2.10. The fourth-order valence-electron chi connectivity index (χ4n) is 2.91. The van der Waals surface area contributed by atoms with E-state index in [0.29, 0.717) is 17.3 Å². The van der Waals surface area contributed by atoms with Crippen molar-refractivity contribution in [2.45, 2.75) is 26.2 Å². The van der Waals surface area contributed by atoms with Gasteiger partial charge in [-0.1, -0.05) is 41.9 Å². The minimum Gasteiger partial charge on any atom is -0.497 e. The zero-order valence-corrected chi connectivity index (χ0v) is 17.3. The van der Waals surface area contributed by atoms with Gasteiger partial charge in [0.2, 0.25) is 0 Å². The molecule has 0 aliphatic carbocycles. The SMILES string of the molecule is COC(=O)C(C)OCc1cc(-c2cccc(OC)c2)n(Cc2ccccc2Cl)n1. The smallest absolute Gasteiger partial charge is 0.334 e. The monoisotopic (exact) mass is 414 g/mol. The summed E-state index contributed by atoms with van der Waals surface area (Å²) in [6, 6.07) is 17.4. The molecule has 0 saturated heterocycles. The van der Waals surface area contributed by atoms with Crippen LogP contribution in [-0.2, 0) is 27.4 Å². The van der Waals surface area contributed by atoms with Gasteiger partial charge >= 0.3 is 5.97 Å². The maximum atomic E-state index is 11.6. The Bertz CT molecular complexity index is 986. The van der Waals surface area contributed by atoms with E-state index in [1.807, 2.05) is 59.3 Å². The van der Waals surface area contributed by atoms with Crippen LogP contribution < -0.4 is 4.74 Å². The van der Waals surface area contributed by atoms with Crippen LogP contribution in [0.3, 0.4) is 0 Å². The van der Waals surface area contributed by atoms with Crippen LogP contribution in [0.5, 0.6) is 5.75 Å². The Morgan fingerprint density at radius 2 is 1.93 bits per heavy atom. The maximum absolute atomic E-state index is 11.6. The predicted molar refractivity (Wildman–Crippen MR) is 111 cm³/mol. The van der Waals surface area contributed by atoms with Crippen molar-refractivity contribution in [3.8, 4) is 17.0 Å². The van der Waals surface area contributed by atoms with Gasteiger partial charge in [0.25, 0.3) is 0 Å². The molecule has 0 saturated carbocycles. The number of aromatic nitrogens is 2. The van der Waals surface area contributed by atoms with E-state index in [1.165, 1.54) is 7.11 Å². The van der Waals surface area contributed by atoms with Crippen molar-refractivity contribution in [2.24, 2.45) is 0 Å². The summed E-state index contributed by atoms with van der Waals surface area (Å²) >= 11 is 6.34. The Hall–Kier alpha value is -2.83. The molecule has 6 nitrogen and oxygen atoms in total. The molecular formula is C22H23ClN2O4. The van der Waals surface area contributed by atoms with Gasteiger partial charge in [0.05, 0.1) is 38.8 Å². The highest BCUT2D eigenvalue weighted by Crippen LogP contribution is 2.27. The molecule has 2 aromatic carbocycles. The third-order valence-corrected chi connectivity index (χ3v) is 4.86. The summed E-state index contributed by atoms with van der Waals surface area (Å²) in [6.07, 6.45) is -0.672. The third kappa shape index (κ3) is 5.16. The minimum atomic E-state index is -0.672. The van der Waals surface area contributed by atoms with Crippen LogP contribution in [0.2, 0.25) is 5.02 Å². The summed E-state index contributed by atoms with van der Waals surface area (Å²) in [7, 11) is 2.97. The molecule has 1 heterocycles. The summed E-state index contributed by atoms with van der Waals surface area (Å²) in [4.78, 5) is 11.6. The molecule has 29 heavy (non-hydrogen) atoms. The highest BCUT2D eigenvalue weighted by atomic mass is 35.5. The number of esters is 1. The summed E-state index contributed by atoms with van der Waals surface area (Å²) in [6.45, 7) is 2.33. The van der Waals surface area contributed by atoms with E-state index in [4.69, 9.17) is 25.8 Å². The molecule has 0 radical (unpaired) electrons. The van der Waals surface area contributed by atoms with Crippen LogP contribution in [-0.4, -0.2) is 36.1 Å². The van der Waals surface area contributed by atoms with Crippen molar-refractivity contribution in [3.05, 3.63) is 70.9 Å². The molecule has 0 amide bonds. The first-order valence-electron chi connectivity index (χ1n) is 9.15. The molecule has 7 heteroatoms. The minimum absolute atomic E-state index is 0.183. The van der Waals surface area contributed by atoms with Gasteiger partial charge in [-0.05, 0) is 36.8 Å². The van der Waals surface area contributed by atoms with Gasteiger partial charge in [0.1, 0.15) is 5.75 Å². The normalized spacial score (nSPS) is 11.9. The first kappa shape index (κ1) is 20.9. The van der Waals surface area contributed by atoms with Crippen molar-refractivity contribution in [3.63, 3.8) is 0 Å². The number of methoxy groups -OCH3 is 2. The van der Waals surface area contributed by atoms with Crippen molar-refractivity contribution >= 4 is 17.6 Å². The number of nitrogens with zero attached hydrogens (tertiary/aromatic N) is 2. The molecular weight excluding hydrogens is 392 g/mol. The van der Waals surface area contributed by atoms with Crippen molar-refractivity contribution in [2.75, 3.05) is 14.2 Å². The number of hydrogen-bond acceptors (Lipinski definition) is 5. The molecule has 1 aromatic heterocycles. The van der Waals surface area contributed by atoms with Crippen LogP contribution in [0.25, 0.3) is 11.3 Å². The molecule has 3 aromatic rings. The first-order chi connectivity index (χ1) is 14.0. The number of rotatable bonds is 8. The van der Waals surface area contributed by atoms with Crippen LogP contribution in [0.1, 0.15) is 18.2 Å². The number of ether oxygens (including phenoxy) is 3. The van der Waals surface area contributed by atoms with Crippen LogP contribution in [0.15, 0.2) is 54.6 Å². The zero-order valence-electron chi connectivity index (χ0n) is 16.6. The quantitative estimate of drug-likeness (QED) is 0.513. The summed E-state index contributed by atoms with van der Waals surface area (Å²) in [5.74, 6) is 0.332. The van der Waals surface area contributed by atoms with E-state index in [0.717, 1.165) is 22.6 Å². The van der Waals surface area contributed by atoms with Crippen molar-refractivity contribution in [1.29, 1.82) is 0 Å². The molecule has 0 bridgehead atoms. The molecule has 1 atom stereocenters. The van der Waals surface area contributed by atoms with Crippen molar-refractivity contribution < 1.29 is 19.0 Å². The van der Waals surface area contributed by atoms with E-state index in [9.17, 15) is 4.79 Å². The average molecular weight is 415 g/mol. The summed E-state index contributed by atoms with van der Waals surface area (Å²) in [5.41, 5.74) is 3.51. The van der Waals surface area contributed by atoms with Gasteiger partial charge in [-0.15, -0.1) is 0 Å². The highest BCUT2D eigenvalue weighted by molar-refractivity contribution is 6.31. The van der Waals surface area contributed by atoms with E-state index < -0.39 is 12.1 Å². The average Bonchev–Trinajstić information content (AvgIpc) is 3.15. The molecule has 152 valence electrons. The molecule has 1 unspecified atom stereocenters. The predicted octanol–water partition coefficient (Wildman–Crippen LogP) is 4.34. The molecule has 0 fully saturated rings. The first-order valence-corrected chi connectivity index (χ1v) is 9.53. The van der Waals surface area contributed by atoms with Gasteiger partial charge in [-0.25, -0.2) is 4.79 Å². The van der Waals surface area contributed by atoms with E-state index in [1.54, 1.807) is 14.0 Å². The number of carbonyl (C=O) groups excluding carboxylic acids is 1. The fourth-order valence-corrected chi connectivity index (χ4v) is 3.10. The van der Waals surface area contributed by atoms with Crippen LogP contribution >= 0.6 is 11.6 Å². The van der Waals surface area contributed by atoms with Gasteiger partial charge in [0.15, 0.2) is 6.10 Å². The second kappa shape index (κ2) is 9.58. The third-order valence-electron chi connectivity index (χ3n) is 4.49. The van der Waals surface area contributed by atoms with Gasteiger partial charge in [-0.3, -0.25) is 4.68 Å². The Kier molecular flexibility index (Phi) is 6.90. The summed E-state index contributed by atoms with van der Waals surface area (Å²) in [5, 5.41) is 5.35. The molecule has 0 aliphatic heterocycles. The molecule has 3 rings (SSSR count). The lowest BCUT2D eigenvalue weighted by atomic mass is 10.1. The fraction of sp³-hybridized carbons (Fsp3) is 0.273. The molecule has 0 aliphatic rings. The van der Waals surface area contributed by atoms with E-state index in [2.05, 4.69) is 5.10 Å². The summed E-state index contributed by atoms with van der Waals surface area (Å²) < 4.78 is 17.5. The van der Waals surface area contributed by atoms with Crippen LogP contribution in [0.4, 0.5) is 0 Å². The van der Waals surface area contributed by atoms with E-state index >= 15 is 0 Å². The van der Waals surface area contributed by atoms with Gasteiger partial charge in [-0.2, -0.15) is 5.10 Å². The Morgan fingerprint density at radius 1 is 1.14 bits per heavy atom. The number of carbonyl (C=O) groups is 1. The number of hydrogen-bond donors (Lipinski definition) is 0.